The average Bonchev–Trinajstić information content (AvgIpc) is 3.59. The van der Waals surface area contributed by atoms with E-state index in [2.05, 4.69) is 24.9 Å². The van der Waals surface area contributed by atoms with E-state index in [1.165, 1.54) is 11.3 Å². The molecule has 0 fully saturated rings. The molecule has 0 saturated carbocycles. The third-order valence-corrected chi connectivity index (χ3v) is 7.37. The molecule has 6 rings (SSSR count). The van der Waals surface area contributed by atoms with Gasteiger partial charge in [0.25, 0.3) is 5.56 Å². The quantitative estimate of drug-likeness (QED) is 0.257. The second-order valence-corrected chi connectivity index (χ2v) is 10.0. The van der Waals surface area contributed by atoms with Crippen molar-refractivity contribution in [3.05, 3.63) is 105 Å². The van der Waals surface area contributed by atoms with Crippen molar-refractivity contribution in [3.8, 4) is 22.7 Å². The summed E-state index contributed by atoms with van der Waals surface area (Å²) in [5.74, 6) is 0.887. The first-order chi connectivity index (χ1) is 18.1. The number of imidazole rings is 1. The van der Waals surface area contributed by atoms with Gasteiger partial charge < -0.3 is 4.74 Å². The lowest BCUT2D eigenvalue weighted by Gasteiger charge is -2.10. The number of benzene rings is 3. The molecule has 0 bridgehead atoms. The van der Waals surface area contributed by atoms with Crippen molar-refractivity contribution in [2.24, 2.45) is 0 Å². The first kappa shape index (κ1) is 23.2. The van der Waals surface area contributed by atoms with Gasteiger partial charge >= 0.3 is 0 Å². The zero-order chi connectivity index (χ0) is 25.4. The van der Waals surface area contributed by atoms with Crippen molar-refractivity contribution in [1.29, 1.82) is 0 Å². The van der Waals surface area contributed by atoms with Gasteiger partial charge in [-0.1, -0.05) is 55.0 Å². The van der Waals surface area contributed by atoms with Crippen molar-refractivity contribution in [3.63, 3.8) is 0 Å². The molecule has 6 aromatic rings. The molecule has 0 aliphatic rings. The molecule has 184 valence electrons. The Hall–Kier alpha value is -4.23. The van der Waals surface area contributed by atoms with Crippen LogP contribution in [0.25, 0.3) is 39.0 Å². The Labute approximate surface area is 218 Å². The predicted octanol–water partition coefficient (Wildman–Crippen LogP) is 5.80. The van der Waals surface area contributed by atoms with Gasteiger partial charge in [-0.15, -0.1) is 0 Å². The van der Waals surface area contributed by atoms with E-state index < -0.39 is 0 Å². The van der Waals surface area contributed by atoms with E-state index in [-0.39, 0.29) is 5.56 Å². The highest BCUT2D eigenvalue weighted by Crippen LogP contribution is 2.29. The molecule has 0 spiro atoms. The molecule has 0 amide bonds. The summed E-state index contributed by atoms with van der Waals surface area (Å²) in [7, 11) is 0. The van der Waals surface area contributed by atoms with Gasteiger partial charge in [-0.2, -0.15) is 5.10 Å². The van der Waals surface area contributed by atoms with Crippen LogP contribution in [-0.2, 0) is 0 Å². The first-order valence-corrected chi connectivity index (χ1v) is 13.2. The maximum Gasteiger partial charge on any atom is 0.274 e. The monoisotopic (exact) mass is 506 g/mol. The number of unbranched alkanes of at least 4 members (excludes halogenated alkanes) is 1. The number of rotatable bonds is 7. The molecule has 0 aliphatic carbocycles. The number of thiazole rings is 1. The van der Waals surface area contributed by atoms with Gasteiger partial charge in [-0.25, -0.2) is 14.1 Å². The van der Waals surface area contributed by atoms with Crippen LogP contribution in [0.4, 0.5) is 0 Å². The van der Waals surface area contributed by atoms with Gasteiger partial charge in [0, 0.05) is 17.3 Å². The van der Waals surface area contributed by atoms with Crippen molar-refractivity contribution in [1.82, 2.24) is 19.2 Å². The Balaban J connectivity index is 1.49. The fourth-order valence-corrected chi connectivity index (χ4v) is 5.45. The highest BCUT2D eigenvalue weighted by atomic mass is 32.1. The number of hydrogen-bond donors (Lipinski definition) is 0. The molecule has 0 radical (unpaired) electrons. The summed E-state index contributed by atoms with van der Waals surface area (Å²) >= 11 is 1.40. The molecular formula is C30H26N4O2S. The molecule has 6 nitrogen and oxygen atoms in total. The molecule has 0 atom stereocenters. The van der Waals surface area contributed by atoms with Crippen LogP contribution < -0.4 is 14.8 Å². The van der Waals surface area contributed by atoms with Crippen LogP contribution in [0.2, 0.25) is 0 Å². The summed E-state index contributed by atoms with van der Waals surface area (Å²) in [5.41, 5.74) is 6.24. The summed E-state index contributed by atoms with van der Waals surface area (Å²) in [6, 6.07) is 23.9. The third kappa shape index (κ3) is 4.32. The largest absolute Gasteiger partial charge is 0.493 e. The number of aromatic nitrogens is 4. The lowest BCUT2D eigenvalue weighted by Crippen LogP contribution is -2.22. The second-order valence-electron chi connectivity index (χ2n) is 9.03. The van der Waals surface area contributed by atoms with E-state index in [1.807, 2.05) is 83.7 Å². The fraction of sp³-hybridized carbons (Fsp3) is 0.167. The Bertz CT molecular complexity index is 1830. The van der Waals surface area contributed by atoms with Gasteiger partial charge in [-0.3, -0.25) is 4.79 Å². The topological polar surface area (TPSA) is 61.4 Å². The summed E-state index contributed by atoms with van der Waals surface area (Å²) in [6.07, 6.45) is 6.03. The Morgan fingerprint density at radius 2 is 1.84 bits per heavy atom. The van der Waals surface area contributed by atoms with Crippen molar-refractivity contribution >= 4 is 33.4 Å². The van der Waals surface area contributed by atoms with E-state index >= 15 is 0 Å². The van der Waals surface area contributed by atoms with Crippen LogP contribution >= 0.6 is 11.3 Å². The molecule has 3 heterocycles. The van der Waals surface area contributed by atoms with Crippen LogP contribution in [0.1, 0.15) is 30.9 Å². The number of nitrogens with zero attached hydrogens (tertiary/aromatic N) is 4. The van der Waals surface area contributed by atoms with Crippen LogP contribution in [0.15, 0.2) is 83.8 Å². The molecule has 3 aromatic carbocycles. The summed E-state index contributed by atoms with van der Waals surface area (Å²) in [6.45, 7) is 4.92. The van der Waals surface area contributed by atoms with Crippen LogP contribution in [0, 0.1) is 6.92 Å². The minimum absolute atomic E-state index is 0.0667. The lowest BCUT2D eigenvalue weighted by molar-refractivity contribution is 0.307. The molecule has 3 aromatic heterocycles. The van der Waals surface area contributed by atoms with Crippen LogP contribution in [-0.4, -0.2) is 25.8 Å². The van der Waals surface area contributed by atoms with Gasteiger partial charge in [0.1, 0.15) is 11.4 Å². The SMILES string of the molecule is CCCCOc1ccc(-c2nn(-c3ccccc3)cc2/C=c2/sc3nc4ccccc4n3c2=O)cc1C. The highest BCUT2D eigenvalue weighted by molar-refractivity contribution is 7.15. The maximum atomic E-state index is 13.4. The highest BCUT2D eigenvalue weighted by Gasteiger charge is 2.15. The Kier molecular flexibility index (Phi) is 6.06. The molecule has 0 saturated heterocycles. The maximum absolute atomic E-state index is 13.4. The first-order valence-electron chi connectivity index (χ1n) is 12.4. The minimum Gasteiger partial charge on any atom is -0.493 e. The smallest absolute Gasteiger partial charge is 0.274 e. The lowest BCUT2D eigenvalue weighted by atomic mass is 10.0. The zero-order valence-electron chi connectivity index (χ0n) is 20.7. The molecule has 0 unspecified atom stereocenters. The van der Waals surface area contributed by atoms with Crippen LogP contribution in [0.5, 0.6) is 5.75 Å². The molecular weight excluding hydrogens is 480 g/mol. The third-order valence-electron chi connectivity index (χ3n) is 6.40. The van der Waals surface area contributed by atoms with Crippen molar-refractivity contribution in [2.75, 3.05) is 6.61 Å². The van der Waals surface area contributed by atoms with E-state index in [1.54, 1.807) is 4.40 Å². The number of ether oxygens (including phenoxy) is 1. The van der Waals surface area contributed by atoms with Gasteiger partial charge in [0.2, 0.25) is 0 Å². The minimum atomic E-state index is -0.0667. The van der Waals surface area contributed by atoms with Crippen LogP contribution in [0.3, 0.4) is 0 Å². The Morgan fingerprint density at radius 1 is 1.03 bits per heavy atom. The molecule has 0 aliphatic heterocycles. The van der Waals surface area contributed by atoms with Crippen molar-refractivity contribution < 1.29 is 4.74 Å². The van der Waals surface area contributed by atoms with Gasteiger partial charge in [-0.05, 0) is 67.4 Å². The van der Waals surface area contributed by atoms with E-state index in [4.69, 9.17) is 9.84 Å². The number of hydrogen-bond acceptors (Lipinski definition) is 5. The normalized spacial score (nSPS) is 12.1. The average molecular weight is 507 g/mol. The summed E-state index contributed by atoms with van der Waals surface area (Å²) in [4.78, 5) is 18.8. The van der Waals surface area contributed by atoms with E-state index in [9.17, 15) is 4.79 Å². The predicted molar refractivity (Wildman–Crippen MR) is 150 cm³/mol. The molecule has 0 N–H and O–H groups in total. The second kappa shape index (κ2) is 9.67. The van der Waals surface area contributed by atoms with Crippen molar-refractivity contribution in [2.45, 2.75) is 26.7 Å². The molecule has 7 heteroatoms. The summed E-state index contributed by atoms with van der Waals surface area (Å²) < 4.78 is 10.1. The van der Waals surface area contributed by atoms with E-state index in [0.717, 1.165) is 57.7 Å². The standard InChI is InChI=1S/C30H26N4O2S/c1-3-4-16-36-26-15-14-21(17-20(26)2)28-22(19-33(32-28)23-10-6-5-7-11-23)18-27-29(35)34-25-13-9-8-12-24(25)31-30(34)37-27/h5-15,17-19H,3-4,16H2,1-2H3/b27-18+. The summed E-state index contributed by atoms with van der Waals surface area (Å²) in [5, 5.41) is 4.94. The van der Waals surface area contributed by atoms with E-state index in [0.29, 0.717) is 16.1 Å². The number of para-hydroxylation sites is 3. The number of fused-ring (bicyclic) bond motifs is 3. The fourth-order valence-electron chi connectivity index (χ4n) is 4.47. The number of aryl methyl sites for hydroxylation is 1. The molecule has 37 heavy (non-hydrogen) atoms. The van der Waals surface area contributed by atoms with Gasteiger partial charge in [0.15, 0.2) is 4.96 Å². The zero-order valence-corrected chi connectivity index (χ0v) is 21.5. The van der Waals surface area contributed by atoms with Gasteiger partial charge in [0.05, 0.1) is 27.9 Å². The Morgan fingerprint density at radius 3 is 2.65 bits per heavy atom.